The number of halogens is 1. The third kappa shape index (κ3) is 6.88. The molecule has 1 N–H and O–H groups in total. The number of aryl methyl sites for hydroxylation is 1. The number of aromatic nitrogens is 2. The summed E-state index contributed by atoms with van der Waals surface area (Å²) in [5.41, 5.74) is 2.26. The standard InChI is InChI=1S/C21H31N5O2.HI/c1-5-22-21(23-12-17-6-8-19(9-7-17)28-16(2)3)26-10-11-27-20(15-26)18-13-24-25(4)14-18;/h6-9,13-14,16,20H,5,10-12,15H2,1-4H3,(H,22,23);1H. The lowest BCUT2D eigenvalue weighted by Crippen LogP contribution is -2.48. The van der Waals surface area contributed by atoms with Gasteiger partial charge in [0, 0.05) is 31.9 Å². The Morgan fingerprint density at radius 2 is 2.10 bits per heavy atom. The Kier molecular flexibility index (Phi) is 9.22. The van der Waals surface area contributed by atoms with Crippen molar-refractivity contribution in [2.75, 3.05) is 26.2 Å². The molecule has 2 heterocycles. The maximum atomic E-state index is 5.95. The third-order valence-corrected chi connectivity index (χ3v) is 4.50. The van der Waals surface area contributed by atoms with Gasteiger partial charge in [-0.25, -0.2) is 4.99 Å². The minimum Gasteiger partial charge on any atom is -0.491 e. The topological polar surface area (TPSA) is 63.9 Å². The van der Waals surface area contributed by atoms with Crippen LogP contribution in [0.4, 0.5) is 0 Å². The Labute approximate surface area is 190 Å². The van der Waals surface area contributed by atoms with Crippen molar-refractivity contribution in [1.29, 1.82) is 0 Å². The largest absolute Gasteiger partial charge is 0.491 e. The predicted molar refractivity (Wildman–Crippen MR) is 126 cm³/mol. The molecular weight excluding hydrogens is 481 g/mol. The van der Waals surface area contributed by atoms with E-state index >= 15 is 0 Å². The normalized spacial score (nSPS) is 17.2. The Hall–Kier alpha value is -1.81. The summed E-state index contributed by atoms with van der Waals surface area (Å²) in [6, 6.07) is 8.15. The van der Waals surface area contributed by atoms with Gasteiger partial charge in [-0.2, -0.15) is 5.10 Å². The minimum atomic E-state index is 0. The average molecular weight is 513 g/mol. The second-order valence-corrected chi connectivity index (χ2v) is 7.23. The summed E-state index contributed by atoms with van der Waals surface area (Å²) in [5.74, 6) is 1.81. The van der Waals surface area contributed by atoms with E-state index in [1.54, 1.807) is 0 Å². The van der Waals surface area contributed by atoms with E-state index in [1.807, 2.05) is 50.1 Å². The Morgan fingerprint density at radius 1 is 1.34 bits per heavy atom. The first-order valence-corrected chi connectivity index (χ1v) is 9.94. The highest BCUT2D eigenvalue weighted by atomic mass is 127. The third-order valence-electron chi connectivity index (χ3n) is 4.50. The van der Waals surface area contributed by atoms with E-state index in [0.29, 0.717) is 13.2 Å². The van der Waals surface area contributed by atoms with E-state index in [9.17, 15) is 0 Å². The van der Waals surface area contributed by atoms with Crippen LogP contribution in [0.15, 0.2) is 41.7 Å². The fourth-order valence-corrected chi connectivity index (χ4v) is 3.19. The molecule has 0 radical (unpaired) electrons. The summed E-state index contributed by atoms with van der Waals surface area (Å²) in [4.78, 5) is 7.11. The molecule has 160 valence electrons. The number of hydrogen-bond acceptors (Lipinski definition) is 4. The first-order chi connectivity index (χ1) is 13.5. The number of ether oxygens (including phenoxy) is 2. The summed E-state index contributed by atoms with van der Waals surface area (Å²) in [5, 5.41) is 7.67. The van der Waals surface area contributed by atoms with Gasteiger partial charge < -0.3 is 19.7 Å². The van der Waals surface area contributed by atoms with Gasteiger partial charge in [0.2, 0.25) is 0 Å². The molecule has 0 amide bonds. The molecule has 1 aromatic carbocycles. The summed E-state index contributed by atoms with van der Waals surface area (Å²) in [7, 11) is 1.92. The van der Waals surface area contributed by atoms with Gasteiger partial charge in [0.05, 0.1) is 32.0 Å². The number of hydrogen-bond donors (Lipinski definition) is 1. The van der Waals surface area contributed by atoms with Gasteiger partial charge in [0.25, 0.3) is 0 Å². The molecule has 1 aliphatic heterocycles. The summed E-state index contributed by atoms with van der Waals surface area (Å²) >= 11 is 0. The first-order valence-electron chi connectivity index (χ1n) is 9.94. The first kappa shape index (κ1) is 23.5. The Morgan fingerprint density at radius 3 is 2.72 bits per heavy atom. The number of aliphatic imine (C=N–C) groups is 1. The summed E-state index contributed by atoms with van der Waals surface area (Å²) < 4.78 is 13.5. The highest BCUT2D eigenvalue weighted by Crippen LogP contribution is 2.22. The zero-order valence-corrected chi connectivity index (χ0v) is 20.0. The maximum absolute atomic E-state index is 5.95. The average Bonchev–Trinajstić information content (AvgIpc) is 3.12. The lowest BCUT2D eigenvalue weighted by atomic mass is 10.1. The zero-order chi connectivity index (χ0) is 19.9. The minimum absolute atomic E-state index is 0. The number of guanidine groups is 1. The van der Waals surface area contributed by atoms with Crippen LogP contribution in [-0.4, -0.2) is 53.0 Å². The van der Waals surface area contributed by atoms with Crippen LogP contribution in [0.25, 0.3) is 0 Å². The van der Waals surface area contributed by atoms with Crippen molar-refractivity contribution in [2.24, 2.45) is 12.0 Å². The summed E-state index contributed by atoms with van der Waals surface area (Å²) in [6.07, 6.45) is 4.08. The van der Waals surface area contributed by atoms with Crippen molar-refractivity contribution < 1.29 is 9.47 Å². The number of benzene rings is 1. The molecular formula is C21H32IN5O2. The van der Waals surface area contributed by atoms with E-state index in [4.69, 9.17) is 14.5 Å². The van der Waals surface area contributed by atoms with E-state index in [-0.39, 0.29) is 36.2 Å². The van der Waals surface area contributed by atoms with Crippen molar-refractivity contribution in [1.82, 2.24) is 20.0 Å². The van der Waals surface area contributed by atoms with Gasteiger partial charge in [-0.05, 0) is 38.5 Å². The highest BCUT2D eigenvalue weighted by Gasteiger charge is 2.25. The second kappa shape index (κ2) is 11.4. The van der Waals surface area contributed by atoms with Gasteiger partial charge in [0.15, 0.2) is 5.96 Å². The molecule has 1 atom stereocenters. The van der Waals surface area contributed by atoms with Gasteiger partial charge >= 0.3 is 0 Å². The molecule has 3 rings (SSSR count). The molecule has 1 aliphatic rings. The second-order valence-electron chi connectivity index (χ2n) is 7.23. The Balaban J connectivity index is 0.00000300. The quantitative estimate of drug-likeness (QED) is 0.365. The zero-order valence-electron chi connectivity index (χ0n) is 17.7. The molecule has 0 saturated carbocycles. The van der Waals surface area contributed by atoms with Crippen LogP contribution < -0.4 is 10.1 Å². The molecule has 29 heavy (non-hydrogen) atoms. The predicted octanol–water partition coefficient (Wildman–Crippen LogP) is 3.36. The lowest BCUT2D eigenvalue weighted by Gasteiger charge is -2.34. The van der Waals surface area contributed by atoms with E-state index in [1.165, 1.54) is 0 Å². The molecule has 0 spiro atoms. The fourth-order valence-electron chi connectivity index (χ4n) is 3.19. The van der Waals surface area contributed by atoms with Crippen LogP contribution in [0.3, 0.4) is 0 Å². The molecule has 0 aliphatic carbocycles. The molecule has 0 bridgehead atoms. The van der Waals surface area contributed by atoms with E-state index in [2.05, 4.69) is 34.4 Å². The van der Waals surface area contributed by atoms with Crippen molar-refractivity contribution in [3.05, 3.63) is 47.8 Å². The Bertz CT molecular complexity index is 776. The SMILES string of the molecule is CCNC(=NCc1ccc(OC(C)C)cc1)N1CCOC(c2cnn(C)c2)C1.I. The van der Waals surface area contributed by atoms with Crippen LogP contribution in [-0.2, 0) is 18.3 Å². The smallest absolute Gasteiger partial charge is 0.194 e. The van der Waals surface area contributed by atoms with E-state index < -0.39 is 0 Å². The summed E-state index contributed by atoms with van der Waals surface area (Å²) in [6.45, 7) is 9.86. The number of rotatable bonds is 6. The van der Waals surface area contributed by atoms with Gasteiger partial charge in [-0.3, -0.25) is 4.68 Å². The molecule has 2 aromatic rings. The van der Waals surface area contributed by atoms with Crippen molar-refractivity contribution in [3.63, 3.8) is 0 Å². The number of nitrogens with one attached hydrogen (secondary N) is 1. The van der Waals surface area contributed by atoms with Crippen molar-refractivity contribution in [3.8, 4) is 5.75 Å². The van der Waals surface area contributed by atoms with Gasteiger partial charge in [-0.1, -0.05) is 12.1 Å². The monoisotopic (exact) mass is 513 g/mol. The molecule has 1 saturated heterocycles. The van der Waals surface area contributed by atoms with Crippen LogP contribution in [0.5, 0.6) is 5.75 Å². The molecule has 1 unspecified atom stereocenters. The maximum Gasteiger partial charge on any atom is 0.194 e. The molecule has 1 fully saturated rings. The van der Waals surface area contributed by atoms with Crippen LogP contribution in [0.1, 0.15) is 38.0 Å². The van der Waals surface area contributed by atoms with Crippen molar-refractivity contribution >= 4 is 29.9 Å². The molecule has 7 nitrogen and oxygen atoms in total. The van der Waals surface area contributed by atoms with Gasteiger partial charge in [-0.15, -0.1) is 24.0 Å². The lowest BCUT2D eigenvalue weighted by molar-refractivity contribution is -0.00805. The van der Waals surface area contributed by atoms with Gasteiger partial charge in [0.1, 0.15) is 11.9 Å². The fraction of sp³-hybridized carbons (Fsp3) is 0.524. The molecule has 8 heteroatoms. The molecule has 1 aromatic heterocycles. The van der Waals surface area contributed by atoms with Crippen LogP contribution >= 0.6 is 24.0 Å². The number of nitrogens with zero attached hydrogens (tertiary/aromatic N) is 4. The number of morpholine rings is 1. The van der Waals surface area contributed by atoms with Crippen LogP contribution in [0, 0.1) is 0 Å². The van der Waals surface area contributed by atoms with Crippen LogP contribution in [0.2, 0.25) is 0 Å². The highest BCUT2D eigenvalue weighted by molar-refractivity contribution is 14.0. The van der Waals surface area contributed by atoms with E-state index in [0.717, 1.165) is 42.5 Å². The van der Waals surface area contributed by atoms with Crippen molar-refractivity contribution in [2.45, 2.75) is 39.5 Å².